The highest BCUT2D eigenvalue weighted by Gasteiger charge is 2.36. The van der Waals surface area contributed by atoms with Crippen molar-refractivity contribution >= 4 is 9.84 Å². The fourth-order valence-corrected chi connectivity index (χ4v) is 4.13. The largest absolute Gasteiger partial charge is 0.490 e. The van der Waals surface area contributed by atoms with Gasteiger partial charge in [-0.15, -0.1) is 0 Å². The summed E-state index contributed by atoms with van der Waals surface area (Å²) in [4.78, 5) is 0.434. The zero-order valence-electron chi connectivity index (χ0n) is 10.3. The van der Waals surface area contributed by atoms with E-state index in [1.54, 1.807) is 24.3 Å². The molecule has 2 aliphatic carbocycles. The number of hydrogen-bond donors (Lipinski definition) is 0. The van der Waals surface area contributed by atoms with Gasteiger partial charge in [0, 0.05) is 0 Å². The molecule has 4 heteroatoms. The van der Waals surface area contributed by atoms with E-state index in [1.807, 2.05) is 0 Å². The van der Waals surface area contributed by atoms with Gasteiger partial charge in [-0.3, -0.25) is 0 Å². The Morgan fingerprint density at radius 3 is 2.11 bits per heavy atom. The predicted molar refractivity (Wildman–Crippen MR) is 69.5 cm³/mol. The minimum absolute atomic E-state index is 0.140. The van der Waals surface area contributed by atoms with Gasteiger partial charge in [0.25, 0.3) is 0 Å². The molecule has 3 rings (SSSR count). The molecular formula is C14H18O3S. The van der Waals surface area contributed by atoms with Crippen LogP contribution in [-0.4, -0.2) is 19.8 Å². The lowest BCUT2D eigenvalue weighted by atomic mass is 10.3. The van der Waals surface area contributed by atoms with E-state index >= 15 is 0 Å². The molecule has 3 nitrogen and oxygen atoms in total. The summed E-state index contributed by atoms with van der Waals surface area (Å²) in [6.07, 6.45) is 6.63. The standard InChI is InChI=1S/C14H18O3S/c15-18(16,14-9-10-14)13-7-5-12(6-8-13)17-11-3-1-2-4-11/h5-8,11,14H,1-4,9-10H2. The maximum Gasteiger partial charge on any atom is 0.181 e. The molecule has 0 aliphatic heterocycles. The van der Waals surface area contributed by atoms with Gasteiger partial charge in [-0.2, -0.15) is 0 Å². The number of hydrogen-bond acceptors (Lipinski definition) is 3. The highest BCUT2D eigenvalue weighted by Crippen LogP contribution is 2.34. The first kappa shape index (κ1) is 12.0. The van der Waals surface area contributed by atoms with Crippen LogP contribution >= 0.6 is 0 Å². The highest BCUT2D eigenvalue weighted by molar-refractivity contribution is 7.92. The van der Waals surface area contributed by atoms with E-state index in [1.165, 1.54) is 12.8 Å². The average molecular weight is 266 g/mol. The molecule has 0 heterocycles. The van der Waals surface area contributed by atoms with Crippen LogP contribution in [0.5, 0.6) is 5.75 Å². The quantitative estimate of drug-likeness (QED) is 0.841. The van der Waals surface area contributed by atoms with E-state index < -0.39 is 9.84 Å². The molecule has 0 spiro atoms. The number of ether oxygens (including phenoxy) is 1. The minimum atomic E-state index is -3.07. The SMILES string of the molecule is O=S(=O)(c1ccc(OC2CCCC2)cc1)C1CC1. The molecule has 1 aromatic rings. The third-order valence-electron chi connectivity index (χ3n) is 3.72. The topological polar surface area (TPSA) is 43.4 Å². The highest BCUT2D eigenvalue weighted by atomic mass is 32.2. The van der Waals surface area contributed by atoms with E-state index in [-0.39, 0.29) is 5.25 Å². The third kappa shape index (κ3) is 2.39. The van der Waals surface area contributed by atoms with Crippen molar-refractivity contribution in [3.8, 4) is 5.75 Å². The molecule has 0 unspecified atom stereocenters. The van der Waals surface area contributed by atoms with Crippen molar-refractivity contribution in [1.82, 2.24) is 0 Å². The first-order valence-electron chi connectivity index (χ1n) is 6.67. The molecule has 0 amide bonds. The number of sulfone groups is 1. The Bertz CT molecular complexity index is 508. The van der Waals surface area contributed by atoms with Crippen LogP contribution in [0.4, 0.5) is 0 Å². The van der Waals surface area contributed by atoms with Gasteiger partial charge in [-0.25, -0.2) is 8.42 Å². The van der Waals surface area contributed by atoms with Gasteiger partial charge in [0.15, 0.2) is 9.84 Å². The van der Waals surface area contributed by atoms with E-state index in [4.69, 9.17) is 4.74 Å². The summed E-state index contributed by atoms with van der Waals surface area (Å²) in [5.41, 5.74) is 0. The van der Waals surface area contributed by atoms with Crippen molar-refractivity contribution in [3.05, 3.63) is 24.3 Å². The lowest BCUT2D eigenvalue weighted by Crippen LogP contribution is -2.11. The summed E-state index contributed by atoms with van der Waals surface area (Å²) in [6.45, 7) is 0. The predicted octanol–water partition coefficient (Wildman–Crippen LogP) is 2.94. The van der Waals surface area contributed by atoms with Gasteiger partial charge in [0.2, 0.25) is 0 Å². The molecule has 98 valence electrons. The first-order chi connectivity index (χ1) is 8.66. The summed E-state index contributed by atoms with van der Waals surface area (Å²) in [5, 5.41) is -0.140. The fourth-order valence-electron chi connectivity index (χ4n) is 2.48. The summed E-state index contributed by atoms with van der Waals surface area (Å²) >= 11 is 0. The van der Waals surface area contributed by atoms with E-state index in [0.29, 0.717) is 11.0 Å². The summed E-state index contributed by atoms with van der Waals surface area (Å²) in [6, 6.07) is 6.93. The van der Waals surface area contributed by atoms with Crippen molar-refractivity contribution in [1.29, 1.82) is 0 Å². The minimum Gasteiger partial charge on any atom is -0.490 e. The molecule has 2 fully saturated rings. The Labute approximate surface area is 108 Å². The molecular weight excluding hydrogens is 248 g/mol. The summed E-state index contributed by atoms with van der Waals surface area (Å²) in [7, 11) is -3.07. The average Bonchev–Trinajstić information content (AvgIpc) is 3.11. The maximum atomic E-state index is 12.0. The van der Waals surface area contributed by atoms with Crippen LogP contribution in [0.3, 0.4) is 0 Å². The zero-order chi connectivity index (χ0) is 12.6. The Hall–Kier alpha value is -1.03. The molecule has 2 saturated carbocycles. The monoisotopic (exact) mass is 266 g/mol. The molecule has 1 aromatic carbocycles. The lowest BCUT2D eigenvalue weighted by Gasteiger charge is -2.13. The van der Waals surface area contributed by atoms with Crippen LogP contribution in [0, 0.1) is 0 Å². The second-order valence-corrected chi connectivity index (χ2v) is 7.47. The van der Waals surface area contributed by atoms with Crippen LogP contribution in [0.1, 0.15) is 38.5 Å². The van der Waals surface area contributed by atoms with E-state index in [2.05, 4.69) is 0 Å². The normalized spacial score (nSPS) is 21.1. The van der Waals surface area contributed by atoms with E-state index in [9.17, 15) is 8.42 Å². The molecule has 0 saturated heterocycles. The Morgan fingerprint density at radius 1 is 0.944 bits per heavy atom. The van der Waals surface area contributed by atoms with Crippen LogP contribution < -0.4 is 4.74 Å². The van der Waals surface area contributed by atoms with E-state index in [0.717, 1.165) is 31.4 Å². The maximum absolute atomic E-state index is 12.0. The van der Waals surface area contributed by atoms with Crippen molar-refractivity contribution in [2.75, 3.05) is 0 Å². The van der Waals surface area contributed by atoms with Crippen molar-refractivity contribution in [2.45, 2.75) is 54.8 Å². The van der Waals surface area contributed by atoms with Gasteiger partial charge in [0.05, 0.1) is 16.2 Å². The second-order valence-electron chi connectivity index (χ2n) is 5.24. The van der Waals surface area contributed by atoms with Crippen LogP contribution in [0.25, 0.3) is 0 Å². The summed E-state index contributed by atoms with van der Waals surface area (Å²) in [5.74, 6) is 0.789. The van der Waals surface area contributed by atoms with Crippen LogP contribution in [-0.2, 0) is 9.84 Å². The molecule has 0 aromatic heterocycles. The van der Waals surface area contributed by atoms with Crippen molar-refractivity contribution < 1.29 is 13.2 Å². The van der Waals surface area contributed by atoms with Crippen molar-refractivity contribution in [2.24, 2.45) is 0 Å². The number of benzene rings is 1. The first-order valence-corrected chi connectivity index (χ1v) is 8.21. The molecule has 0 atom stereocenters. The zero-order valence-corrected chi connectivity index (χ0v) is 11.2. The second kappa shape index (κ2) is 4.57. The van der Waals surface area contributed by atoms with Crippen LogP contribution in [0.2, 0.25) is 0 Å². The molecule has 0 N–H and O–H groups in total. The molecule has 18 heavy (non-hydrogen) atoms. The van der Waals surface area contributed by atoms with Crippen LogP contribution in [0.15, 0.2) is 29.2 Å². The molecule has 0 bridgehead atoms. The lowest BCUT2D eigenvalue weighted by molar-refractivity contribution is 0.210. The van der Waals surface area contributed by atoms with Gasteiger partial charge >= 0.3 is 0 Å². The van der Waals surface area contributed by atoms with Gasteiger partial charge in [0.1, 0.15) is 5.75 Å². The third-order valence-corrected chi connectivity index (χ3v) is 6.00. The van der Waals surface area contributed by atoms with Gasteiger partial charge in [-0.05, 0) is 62.8 Å². The molecule has 2 aliphatic rings. The van der Waals surface area contributed by atoms with Gasteiger partial charge < -0.3 is 4.74 Å². The molecule has 0 radical (unpaired) electrons. The van der Waals surface area contributed by atoms with Gasteiger partial charge in [-0.1, -0.05) is 0 Å². The fraction of sp³-hybridized carbons (Fsp3) is 0.571. The number of rotatable bonds is 4. The summed E-state index contributed by atoms with van der Waals surface area (Å²) < 4.78 is 29.8. The smallest absolute Gasteiger partial charge is 0.181 e. The Kier molecular flexibility index (Phi) is 3.06. The van der Waals surface area contributed by atoms with Crippen molar-refractivity contribution in [3.63, 3.8) is 0 Å². The Morgan fingerprint density at radius 2 is 1.56 bits per heavy atom. The Balaban J connectivity index is 1.72.